The predicted molar refractivity (Wildman–Crippen MR) is 85.1 cm³/mol. The molecule has 1 atom stereocenters. The summed E-state index contributed by atoms with van der Waals surface area (Å²) >= 11 is 5.87. The standard InChI is InChI=1S/C16H17ClFN3O/c1-11(12-2-4-13(17)5-3-12)16(22,15(18)6-7-15)9-21-10-20-8-14(21)19/h2-5,8,10,22H,1,6-7,9,19H2. The molecule has 4 nitrogen and oxygen atoms in total. The lowest BCUT2D eigenvalue weighted by atomic mass is 9.83. The predicted octanol–water partition coefficient (Wildman–Crippen LogP) is 3.07. The molecule has 6 heteroatoms. The van der Waals surface area contributed by atoms with Gasteiger partial charge in [-0.3, -0.25) is 0 Å². The maximum atomic E-state index is 14.9. The maximum Gasteiger partial charge on any atom is 0.145 e. The van der Waals surface area contributed by atoms with Gasteiger partial charge in [-0.2, -0.15) is 0 Å². The highest BCUT2D eigenvalue weighted by atomic mass is 35.5. The first-order chi connectivity index (χ1) is 10.4. The number of hydrogen-bond donors (Lipinski definition) is 2. The van der Waals surface area contributed by atoms with Crippen LogP contribution in [0.25, 0.3) is 5.57 Å². The Morgan fingerprint density at radius 1 is 1.45 bits per heavy atom. The van der Waals surface area contributed by atoms with E-state index in [2.05, 4.69) is 11.6 Å². The largest absolute Gasteiger partial charge is 0.384 e. The molecule has 1 unspecified atom stereocenters. The van der Waals surface area contributed by atoms with Crippen LogP contribution in [0.2, 0.25) is 5.02 Å². The van der Waals surface area contributed by atoms with E-state index in [4.69, 9.17) is 17.3 Å². The number of aromatic nitrogens is 2. The minimum absolute atomic E-state index is 0.0310. The summed E-state index contributed by atoms with van der Waals surface area (Å²) in [7, 11) is 0. The molecule has 1 aromatic carbocycles. The average Bonchev–Trinajstić information content (AvgIpc) is 3.14. The number of nitrogen functional groups attached to an aromatic ring is 1. The fourth-order valence-corrected chi connectivity index (χ4v) is 2.76. The van der Waals surface area contributed by atoms with Crippen molar-refractivity contribution in [2.75, 3.05) is 5.73 Å². The molecule has 0 aliphatic heterocycles. The van der Waals surface area contributed by atoms with Crippen molar-refractivity contribution in [1.29, 1.82) is 0 Å². The quantitative estimate of drug-likeness (QED) is 0.889. The third-order valence-electron chi connectivity index (χ3n) is 4.27. The van der Waals surface area contributed by atoms with Crippen molar-refractivity contribution in [1.82, 2.24) is 9.55 Å². The second-order valence-electron chi connectivity index (χ2n) is 5.76. The van der Waals surface area contributed by atoms with Gasteiger partial charge in [-0.1, -0.05) is 30.3 Å². The van der Waals surface area contributed by atoms with Crippen LogP contribution < -0.4 is 5.73 Å². The fourth-order valence-electron chi connectivity index (χ4n) is 2.63. The van der Waals surface area contributed by atoms with Crippen molar-refractivity contribution in [3.05, 3.63) is 54.0 Å². The van der Waals surface area contributed by atoms with E-state index in [-0.39, 0.29) is 6.54 Å². The lowest BCUT2D eigenvalue weighted by Gasteiger charge is -2.34. The maximum absolute atomic E-state index is 14.9. The summed E-state index contributed by atoms with van der Waals surface area (Å²) in [5, 5.41) is 11.7. The zero-order valence-electron chi connectivity index (χ0n) is 12.0. The van der Waals surface area contributed by atoms with E-state index in [0.717, 1.165) is 0 Å². The molecule has 1 aliphatic rings. The number of benzene rings is 1. The average molecular weight is 322 g/mol. The highest BCUT2D eigenvalue weighted by molar-refractivity contribution is 6.30. The van der Waals surface area contributed by atoms with E-state index in [0.29, 0.717) is 34.8 Å². The van der Waals surface area contributed by atoms with E-state index in [9.17, 15) is 9.50 Å². The van der Waals surface area contributed by atoms with Gasteiger partial charge >= 0.3 is 0 Å². The first kappa shape index (κ1) is 15.1. The Labute approximate surface area is 133 Å². The molecule has 0 radical (unpaired) electrons. The summed E-state index contributed by atoms with van der Waals surface area (Å²) < 4.78 is 16.4. The molecule has 1 heterocycles. The van der Waals surface area contributed by atoms with Crippen LogP contribution in [-0.2, 0) is 6.54 Å². The summed E-state index contributed by atoms with van der Waals surface area (Å²) in [4.78, 5) is 3.91. The van der Waals surface area contributed by atoms with Crippen molar-refractivity contribution in [3.63, 3.8) is 0 Å². The Kier molecular flexibility index (Phi) is 3.50. The molecule has 1 fully saturated rings. The van der Waals surface area contributed by atoms with E-state index in [1.807, 2.05) is 0 Å². The zero-order chi connectivity index (χ0) is 16.0. The van der Waals surface area contributed by atoms with Crippen molar-refractivity contribution in [2.24, 2.45) is 0 Å². The number of anilines is 1. The number of alkyl halides is 1. The summed E-state index contributed by atoms with van der Waals surface area (Å²) in [5.41, 5.74) is 3.32. The van der Waals surface area contributed by atoms with E-state index < -0.39 is 11.3 Å². The number of halogens is 2. The van der Waals surface area contributed by atoms with Gasteiger partial charge in [0.05, 0.1) is 19.1 Å². The number of hydrogen-bond acceptors (Lipinski definition) is 3. The minimum atomic E-state index is -1.74. The number of aliphatic hydroxyl groups is 1. The van der Waals surface area contributed by atoms with Gasteiger partial charge in [-0.15, -0.1) is 0 Å². The van der Waals surface area contributed by atoms with Gasteiger partial charge in [0.2, 0.25) is 0 Å². The van der Waals surface area contributed by atoms with Crippen molar-refractivity contribution in [3.8, 4) is 0 Å². The Hall–Kier alpha value is -1.85. The summed E-state index contributed by atoms with van der Waals surface area (Å²) in [6.07, 6.45) is 3.53. The van der Waals surface area contributed by atoms with Gasteiger partial charge in [0.15, 0.2) is 0 Å². The van der Waals surface area contributed by atoms with Crippen LogP contribution in [0.3, 0.4) is 0 Å². The molecular formula is C16H17ClFN3O. The Bertz CT molecular complexity index is 708. The second kappa shape index (κ2) is 5.11. The van der Waals surface area contributed by atoms with Crippen LogP contribution in [0.5, 0.6) is 0 Å². The number of nitrogens with two attached hydrogens (primary N) is 1. The molecule has 0 saturated heterocycles. The van der Waals surface area contributed by atoms with Crippen LogP contribution in [0.15, 0.2) is 43.4 Å². The second-order valence-corrected chi connectivity index (χ2v) is 6.19. The van der Waals surface area contributed by atoms with E-state index in [1.165, 1.54) is 17.1 Å². The van der Waals surface area contributed by atoms with Gasteiger partial charge < -0.3 is 15.4 Å². The molecule has 0 amide bonds. The Morgan fingerprint density at radius 3 is 2.59 bits per heavy atom. The highest BCUT2D eigenvalue weighted by Gasteiger charge is 2.61. The van der Waals surface area contributed by atoms with Crippen LogP contribution in [0.4, 0.5) is 10.2 Å². The van der Waals surface area contributed by atoms with Gasteiger partial charge in [0, 0.05) is 5.02 Å². The first-order valence-corrected chi connectivity index (χ1v) is 7.36. The van der Waals surface area contributed by atoms with Gasteiger partial charge in [0.1, 0.15) is 17.1 Å². The summed E-state index contributed by atoms with van der Waals surface area (Å²) in [5.74, 6) is 0.367. The van der Waals surface area contributed by atoms with Gasteiger partial charge in [0.25, 0.3) is 0 Å². The van der Waals surface area contributed by atoms with Crippen LogP contribution >= 0.6 is 11.6 Å². The van der Waals surface area contributed by atoms with Crippen LogP contribution in [-0.4, -0.2) is 25.9 Å². The molecule has 0 bridgehead atoms. The Morgan fingerprint density at radius 2 is 2.09 bits per heavy atom. The fraction of sp³-hybridized carbons (Fsp3) is 0.312. The normalized spacial score (nSPS) is 18.7. The summed E-state index contributed by atoms with van der Waals surface area (Å²) in [6.45, 7) is 3.90. The Balaban J connectivity index is 1.97. The molecule has 116 valence electrons. The molecular weight excluding hydrogens is 305 g/mol. The molecule has 3 N–H and O–H groups in total. The number of rotatable bonds is 5. The number of nitrogens with zero attached hydrogens (tertiary/aromatic N) is 2. The smallest absolute Gasteiger partial charge is 0.145 e. The SMILES string of the molecule is C=C(c1ccc(Cl)cc1)C(O)(Cn1cncc1N)C1(F)CC1. The monoisotopic (exact) mass is 321 g/mol. The lowest BCUT2D eigenvalue weighted by molar-refractivity contribution is -0.0128. The van der Waals surface area contributed by atoms with Crippen molar-refractivity contribution < 1.29 is 9.50 Å². The lowest BCUT2D eigenvalue weighted by Crippen LogP contribution is -2.46. The van der Waals surface area contributed by atoms with E-state index >= 15 is 0 Å². The molecule has 3 rings (SSSR count). The summed E-state index contributed by atoms with van der Waals surface area (Å²) in [6, 6.07) is 6.81. The minimum Gasteiger partial charge on any atom is -0.384 e. The van der Waals surface area contributed by atoms with Gasteiger partial charge in [-0.25, -0.2) is 9.37 Å². The molecule has 1 aliphatic carbocycles. The molecule has 22 heavy (non-hydrogen) atoms. The first-order valence-electron chi connectivity index (χ1n) is 6.98. The van der Waals surface area contributed by atoms with Gasteiger partial charge in [-0.05, 0) is 36.1 Å². The topological polar surface area (TPSA) is 64.1 Å². The highest BCUT2D eigenvalue weighted by Crippen LogP contribution is 2.54. The van der Waals surface area contributed by atoms with Crippen molar-refractivity contribution in [2.45, 2.75) is 30.7 Å². The molecule has 0 spiro atoms. The third-order valence-corrected chi connectivity index (χ3v) is 4.52. The van der Waals surface area contributed by atoms with Crippen molar-refractivity contribution >= 4 is 23.0 Å². The van der Waals surface area contributed by atoms with Crippen LogP contribution in [0, 0.1) is 0 Å². The number of imidazole rings is 1. The zero-order valence-corrected chi connectivity index (χ0v) is 12.7. The van der Waals surface area contributed by atoms with Crippen LogP contribution in [0.1, 0.15) is 18.4 Å². The molecule has 1 saturated carbocycles. The molecule has 2 aromatic rings. The van der Waals surface area contributed by atoms with E-state index in [1.54, 1.807) is 24.3 Å². The molecule has 1 aromatic heterocycles. The third kappa shape index (κ3) is 2.40.